The van der Waals surface area contributed by atoms with Crippen LogP contribution >= 0.6 is 8.19 Å². The van der Waals surface area contributed by atoms with Crippen LogP contribution in [0.1, 0.15) is 62.7 Å². The van der Waals surface area contributed by atoms with Gasteiger partial charge in [-0.25, -0.2) is 0 Å². The van der Waals surface area contributed by atoms with Crippen molar-refractivity contribution in [3.05, 3.63) is 17.4 Å². The number of hydrogen-bond donors (Lipinski definition) is 1. The molecule has 1 aromatic rings. The average molecular weight is 209 g/mol. The van der Waals surface area contributed by atoms with Crippen LogP contribution in [0.15, 0.2) is 12.0 Å². The van der Waals surface area contributed by atoms with Crippen LogP contribution in [0.4, 0.5) is 0 Å². The number of aromatic nitrogens is 1. The molecule has 0 spiro atoms. The van der Waals surface area contributed by atoms with E-state index in [0.717, 1.165) is 5.92 Å². The lowest BCUT2D eigenvalue weighted by atomic mass is 9.98. The molecule has 0 aromatic carbocycles. The van der Waals surface area contributed by atoms with Gasteiger partial charge in [0.15, 0.2) is 0 Å². The van der Waals surface area contributed by atoms with Crippen molar-refractivity contribution in [3.8, 4) is 0 Å². The number of aromatic amines is 1. The van der Waals surface area contributed by atoms with Crippen molar-refractivity contribution < 1.29 is 0 Å². The normalized spacial score (nSPS) is 21.7. The Kier molecular flexibility index (Phi) is 4.06. The molecule has 1 N–H and O–H groups in total. The van der Waals surface area contributed by atoms with Crippen LogP contribution in [0.2, 0.25) is 0 Å². The first-order valence-corrected chi connectivity index (χ1v) is 6.92. The van der Waals surface area contributed by atoms with Gasteiger partial charge in [0, 0.05) is 17.5 Å². The summed E-state index contributed by atoms with van der Waals surface area (Å²) in [6.07, 6.45) is 13.6. The first kappa shape index (κ1) is 10.2. The van der Waals surface area contributed by atoms with Gasteiger partial charge in [0.1, 0.15) is 0 Å². The van der Waals surface area contributed by atoms with Crippen LogP contribution in [0.3, 0.4) is 0 Å². The Labute approximate surface area is 88.4 Å². The molecule has 0 unspecified atom stereocenters. The molecule has 2 rings (SSSR count). The maximum atomic E-state index is 3.42. The molecular formula is C12H20NP. The number of hydrogen-bond acceptors (Lipinski definition) is 0. The lowest BCUT2D eigenvalue weighted by molar-refractivity contribution is 0.537. The lowest BCUT2D eigenvalue weighted by Gasteiger charge is -2.13. The molecule has 1 aromatic heterocycles. The van der Waals surface area contributed by atoms with Gasteiger partial charge in [-0.3, -0.25) is 0 Å². The topological polar surface area (TPSA) is 15.8 Å². The van der Waals surface area contributed by atoms with Crippen molar-refractivity contribution in [2.75, 3.05) is 0 Å². The largest absolute Gasteiger partial charge is 0.361 e. The predicted molar refractivity (Wildman–Crippen MR) is 63.0 cm³/mol. The van der Waals surface area contributed by atoms with E-state index in [0.29, 0.717) is 0 Å². The van der Waals surface area contributed by atoms with Crippen molar-refractivity contribution in [2.24, 2.45) is 0 Å². The van der Waals surface area contributed by atoms with Gasteiger partial charge in [0.05, 0.1) is 0 Å². The van der Waals surface area contributed by atoms with Crippen LogP contribution in [0.25, 0.3) is 0 Å². The standard InChI is InChI=1S/C12H20NP/c1-2-4-6-8-11(7-5-3-1)12-13-9-10-14-12/h9-11,13H,1-8H2. The SMILES string of the molecule is c1cpc(C2CCCCCCCC2)[nH]1. The third-order valence-corrected chi connectivity index (χ3v) is 4.33. The molecule has 0 atom stereocenters. The second-order valence-corrected chi connectivity index (χ2v) is 5.41. The summed E-state index contributed by atoms with van der Waals surface area (Å²) in [5.74, 6) is 3.08. The molecule has 14 heavy (non-hydrogen) atoms. The number of rotatable bonds is 1. The fraction of sp³-hybridized carbons (Fsp3) is 0.750. The maximum Gasteiger partial charge on any atom is 0.0455 e. The Bertz CT molecular complexity index is 233. The molecule has 0 amide bonds. The number of H-pyrrole nitrogens is 1. The molecule has 0 saturated heterocycles. The van der Waals surface area contributed by atoms with Crippen LogP contribution in [0, 0.1) is 0 Å². The monoisotopic (exact) mass is 209 g/mol. The van der Waals surface area contributed by atoms with Crippen LogP contribution in [0.5, 0.6) is 0 Å². The van der Waals surface area contributed by atoms with Gasteiger partial charge in [-0.15, -0.1) is 0 Å². The Morgan fingerprint density at radius 3 is 2.21 bits per heavy atom. The van der Waals surface area contributed by atoms with E-state index in [9.17, 15) is 0 Å². The zero-order valence-electron chi connectivity index (χ0n) is 8.84. The fourth-order valence-corrected chi connectivity index (χ4v) is 3.33. The van der Waals surface area contributed by atoms with Gasteiger partial charge in [-0.2, -0.15) is 0 Å². The summed E-state index contributed by atoms with van der Waals surface area (Å²) in [4.78, 5) is 3.42. The van der Waals surface area contributed by atoms with E-state index in [1.54, 1.807) is 5.43 Å². The Balaban J connectivity index is 1.94. The molecule has 0 bridgehead atoms. The van der Waals surface area contributed by atoms with Gasteiger partial charge in [-0.05, 0) is 18.6 Å². The molecule has 1 nitrogen and oxygen atoms in total. The third-order valence-electron chi connectivity index (χ3n) is 3.26. The van der Waals surface area contributed by atoms with Crippen LogP contribution in [-0.2, 0) is 0 Å². The average Bonchev–Trinajstić information content (AvgIpc) is 2.75. The second kappa shape index (κ2) is 5.56. The zero-order valence-corrected chi connectivity index (χ0v) is 9.73. The summed E-state index contributed by atoms with van der Waals surface area (Å²) in [7, 11) is 1.42. The van der Waals surface area contributed by atoms with E-state index in [1.165, 1.54) is 59.6 Å². The molecular weight excluding hydrogens is 189 g/mol. The molecule has 0 aliphatic heterocycles. The summed E-state index contributed by atoms with van der Waals surface area (Å²) in [6.45, 7) is 0. The first-order valence-electron chi connectivity index (χ1n) is 5.96. The molecule has 1 fully saturated rings. The smallest absolute Gasteiger partial charge is 0.0455 e. The van der Waals surface area contributed by atoms with Gasteiger partial charge in [-0.1, -0.05) is 46.7 Å². The summed E-state index contributed by atoms with van der Waals surface area (Å²) < 4.78 is 0. The van der Waals surface area contributed by atoms with Crippen LogP contribution in [-0.4, -0.2) is 4.98 Å². The van der Waals surface area contributed by atoms with E-state index >= 15 is 0 Å². The summed E-state index contributed by atoms with van der Waals surface area (Å²) in [5.41, 5.74) is 1.56. The number of nitrogens with one attached hydrogen (secondary N) is 1. The molecule has 1 aliphatic rings. The Hall–Kier alpha value is -0.290. The molecule has 1 aliphatic carbocycles. The van der Waals surface area contributed by atoms with Gasteiger partial charge < -0.3 is 4.98 Å². The predicted octanol–water partition coefficient (Wildman–Crippen LogP) is 4.81. The Morgan fingerprint density at radius 2 is 1.64 bits per heavy atom. The quantitative estimate of drug-likeness (QED) is 0.683. The van der Waals surface area contributed by atoms with Crippen molar-refractivity contribution in [2.45, 2.75) is 57.3 Å². The van der Waals surface area contributed by atoms with Crippen molar-refractivity contribution in [3.63, 3.8) is 0 Å². The van der Waals surface area contributed by atoms with Gasteiger partial charge in [0.25, 0.3) is 0 Å². The van der Waals surface area contributed by atoms with Crippen molar-refractivity contribution in [1.82, 2.24) is 4.98 Å². The highest BCUT2D eigenvalue weighted by atomic mass is 31.0. The van der Waals surface area contributed by atoms with E-state index in [2.05, 4.69) is 17.0 Å². The molecule has 2 heteroatoms. The summed E-state index contributed by atoms with van der Waals surface area (Å²) in [6, 6.07) is 0. The molecule has 0 radical (unpaired) electrons. The van der Waals surface area contributed by atoms with E-state index < -0.39 is 0 Å². The first-order chi connectivity index (χ1) is 6.97. The third kappa shape index (κ3) is 2.85. The molecule has 1 heterocycles. The fourth-order valence-electron chi connectivity index (χ4n) is 2.41. The lowest BCUT2D eigenvalue weighted by Crippen LogP contribution is -1.97. The molecule has 1 saturated carbocycles. The van der Waals surface area contributed by atoms with E-state index in [4.69, 9.17) is 0 Å². The minimum Gasteiger partial charge on any atom is -0.361 e. The second-order valence-electron chi connectivity index (χ2n) is 4.37. The Morgan fingerprint density at radius 1 is 1.00 bits per heavy atom. The summed E-state index contributed by atoms with van der Waals surface area (Å²) in [5, 5.41) is 0. The van der Waals surface area contributed by atoms with Crippen LogP contribution < -0.4 is 0 Å². The maximum absolute atomic E-state index is 3.42. The minimum atomic E-state index is 0.852. The summed E-state index contributed by atoms with van der Waals surface area (Å²) >= 11 is 0. The minimum absolute atomic E-state index is 0.852. The highest BCUT2D eigenvalue weighted by Gasteiger charge is 2.13. The zero-order chi connectivity index (χ0) is 9.64. The van der Waals surface area contributed by atoms with E-state index in [1.807, 2.05) is 0 Å². The van der Waals surface area contributed by atoms with Gasteiger partial charge >= 0.3 is 0 Å². The van der Waals surface area contributed by atoms with Gasteiger partial charge in [0.2, 0.25) is 0 Å². The highest BCUT2D eigenvalue weighted by molar-refractivity contribution is 7.30. The van der Waals surface area contributed by atoms with Crippen molar-refractivity contribution >= 4 is 8.19 Å². The highest BCUT2D eigenvalue weighted by Crippen LogP contribution is 2.33. The van der Waals surface area contributed by atoms with Crippen molar-refractivity contribution in [1.29, 1.82) is 0 Å². The van der Waals surface area contributed by atoms with E-state index in [-0.39, 0.29) is 0 Å². The molecule has 78 valence electrons.